The number of carbonyl (C=O) groups is 1. The van der Waals surface area contributed by atoms with Crippen molar-refractivity contribution in [1.29, 1.82) is 0 Å². The Balaban J connectivity index is 3.13. The van der Waals surface area contributed by atoms with E-state index >= 15 is 0 Å². The summed E-state index contributed by atoms with van der Waals surface area (Å²) >= 11 is 0. The van der Waals surface area contributed by atoms with Crippen LogP contribution in [0.15, 0.2) is 17.2 Å². The van der Waals surface area contributed by atoms with E-state index in [0.717, 1.165) is 6.20 Å². The third kappa shape index (κ3) is 1.50. The number of hydrogen-bond donors (Lipinski definition) is 0. The highest BCUT2D eigenvalue weighted by Crippen LogP contribution is 1.91. The molecular formula is C7H8N2O3. The lowest BCUT2D eigenvalue weighted by molar-refractivity contribution is 0.0593. The molecule has 1 aromatic rings. The van der Waals surface area contributed by atoms with Crippen molar-refractivity contribution in [3.8, 4) is 0 Å². The van der Waals surface area contributed by atoms with Crippen molar-refractivity contribution in [2.45, 2.75) is 0 Å². The van der Waals surface area contributed by atoms with Crippen LogP contribution in [0.4, 0.5) is 0 Å². The van der Waals surface area contributed by atoms with E-state index in [1.54, 1.807) is 0 Å². The molecule has 0 aliphatic carbocycles. The summed E-state index contributed by atoms with van der Waals surface area (Å²) in [5.41, 5.74) is -0.137. The van der Waals surface area contributed by atoms with E-state index in [0.29, 0.717) is 0 Å². The molecule has 0 aromatic carbocycles. The lowest BCUT2D eigenvalue weighted by Crippen LogP contribution is -2.19. The zero-order valence-corrected chi connectivity index (χ0v) is 6.77. The number of rotatable bonds is 1. The summed E-state index contributed by atoms with van der Waals surface area (Å²) in [5, 5.41) is 0. The van der Waals surface area contributed by atoms with Crippen LogP contribution >= 0.6 is 0 Å². The second kappa shape index (κ2) is 3.17. The van der Waals surface area contributed by atoms with E-state index in [2.05, 4.69) is 9.72 Å². The number of carbonyl (C=O) groups excluding carboxylic acids is 1. The summed E-state index contributed by atoms with van der Waals surface area (Å²) in [7, 11) is 2.80. The highest BCUT2D eigenvalue weighted by atomic mass is 16.5. The lowest BCUT2D eigenvalue weighted by Gasteiger charge is -1.99. The molecule has 1 heterocycles. The third-order valence-corrected chi connectivity index (χ3v) is 1.37. The largest absolute Gasteiger partial charge is 0.464 e. The number of nitrogens with zero attached hydrogens (tertiary/aromatic N) is 2. The first-order valence-corrected chi connectivity index (χ1v) is 3.26. The first-order valence-electron chi connectivity index (χ1n) is 3.26. The quantitative estimate of drug-likeness (QED) is 0.534. The molecule has 0 bridgehead atoms. The lowest BCUT2D eigenvalue weighted by atomic mass is 10.4. The molecule has 0 atom stereocenters. The fraction of sp³-hybridized carbons (Fsp3) is 0.286. The van der Waals surface area contributed by atoms with Crippen LogP contribution in [-0.4, -0.2) is 22.6 Å². The van der Waals surface area contributed by atoms with Crippen LogP contribution in [0, 0.1) is 0 Å². The Bertz CT molecular complexity index is 356. The van der Waals surface area contributed by atoms with Gasteiger partial charge in [-0.1, -0.05) is 0 Å². The number of esters is 1. The van der Waals surface area contributed by atoms with Crippen molar-refractivity contribution in [2.24, 2.45) is 7.05 Å². The van der Waals surface area contributed by atoms with E-state index in [9.17, 15) is 9.59 Å². The summed E-state index contributed by atoms with van der Waals surface area (Å²) < 4.78 is 5.68. The van der Waals surface area contributed by atoms with Crippen LogP contribution in [-0.2, 0) is 11.8 Å². The topological polar surface area (TPSA) is 61.2 Å². The van der Waals surface area contributed by atoms with Crippen LogP contribution in [0.1, 0.15) is 10.5 Å². The molecule has 1 aromatic heterocycles. The van der Waals surface area contributed by atoms with Gasteiger partial charge in [0.2, 0.25) is 0 Å². The molecule has 0 fully saturated rings. The number of methoxy groups -OCH3 is 1. The van der Waals surface area contributed by atoms with Gasteiger partial charge in [-0.25, -0.2) is 9.78 Å². The van der Waals surface area contributed by atoms with Gasteiger partial charge in [-0.3, -0.25) is 4.79 Å². The van der Waals surface area contributed by atoms with Crippen LogP contribution in [0.5, 0.6) is 0 Å². The average molecular weight is 168 g/mol. The van der Waals surface area contributed by atoms with Crippen LogP contribution in [0.3, 0.4) is 0 Å². The highest BCUT2D eigenvalue weighted by molar-refractivity contribution is 5.86. The summed E-state index contributed by atoms with van der Waals surface area (Å²) in [4.78, 5) is 25.3. The first-order chi connectivity index (χ1) is 5.65. The van der Waals surface area contributed by atoms with E-state index in [4.69, 9.17) is 0 Å². The van der Waals surface area contributed by atoms with Gasteiger partial charge in [-0.15, -0.1) is 0 Å². The molecule has 0 saturated carbocycles. The predicted octanol–water partition coefficient (Wildman–Crippen LogP) is -0.433. The molecule has 64 valence electrons. The summed E-state index contributed by atoms with van der Waals surface area (Å²) in [6.07, 6.45) is 2.40. The van der Waals surface area contributed by atoms with E-state index < -0.39 is 5.97 Å². The molecular weight excluding hydrogens is 160 g/mol. The maximum absolute atomic E-state index is 10.9. The van der Waals surface area contributed by atoms with Crippen LogP contribution < -0.4 is 5.56 Å². The molecule has 1 rings (SSSR count). The van der Waals surface area contributed by atoms with Crippen molar-refractivity contribution in [3.05, 3.63) is 28.4 Å². The van der Waals surface area contributed by atoms with Crippen molar-refractivity contribution >= 4 is 5.97 Å². The first kappa shape index (κ1) is 8.45. The molecule has 0 aliphatic heterocycles. The van der Waals surface area contributed by atoms with E-state index in [1.807, 2.05) is 0 Å². The zero-order chi connectivity index (χ0) is 9.14. The summed E-state index contributed by atoms with van der Waals surface area (Å²) in [6, 6.07) is 0. The Morgan fingerprint density at radius 3 is 2.83 bits per heavy atom. The van der Waals surface area contributed by atoms with Crippen molar-refractivity contribution in [3.63, 3.8) is 0 Å². The SMILES string of the molecule is COC(=O)c1cn(C)c(=O)cn1. The van der Waals surface area contributed by atoms with Gasteiger partial charge in [0.05, 0.1) is 13.3 Å². The molecule has 0 amide bonds. The number of hydrogen-bond acceptors (Lipinski definition) is 4. The molecule has 0 radical (unpaired) electrons. The maximum atomic E-state index is 10.9. The van der Waals surface area contributed by atoms with Gasteiger partial charge in [0.15, 0.2) is 5.69 Å². The number of aryl methyl sites for hydroxylation is 1. The van der Waals surface area contributed by atoms with Gasteiger partial charge in [0.25, 0.3) is 5.56 Å². The van der Waals surface area contributed by atoms with Crippen molar-refractivity contribution < 1.29 is 9.53 Å². The smallest absolute Gasteiger partial charge is 0.358 e. The fourth-order valence-corrected chi connectivity index (χ4v) is 0.706. The average Bonchev–Trinajstić information content (AvgIpc) is 2.08. The Morgan fingerprint density at radius 1 is 1.67 bits per heavy atom. The van der Waals surface area contributed by atoms with Gasteiger partial charge < -0.3 is 9.30 Å². The Morgan fingerprint density at radius 2 is 2.33 bits per heavy atom. The van der Waals surface area contributed by atoms with Crippen LogP contribution in [0.25, 0.3) is 0 Å². The minimum absolute atomic E-state index is 0.125. The standard InChI is InChI=1S/C7H8N2O3/c1-9-4-5(7(11)12-2)8-3-6(9)10/h3-4H,1-2H3. The predicted molar refractivity (Wildman–Crippen MR) is 40.8 cm³/mol. The minimum atomic E-state index is -0.550. The second-order valence-electron chi connectivity index (χ2n) is 2.21. The van der Waals surface area contributed by atoms with Gasteiger partial charge in [0, 0.05) is 13.2 Å². The number of ether oxygens (including phenoxy) is 1. The maximum Gasteiger partial charge on any atom is 0.358 e. The molecule has 0 unspecified atom stereocenters. The summed E-state index contributed by atoms with van der Waals surface area (Å²) in [6.45, 7) is 0. The molecule has 0 aliphatic rings. The van der Waals surface area contributed by atoms with Crippen molar-refractivity contribution in [2.75, 3.05) is 7.11 Å². The normalized spacial score (nSPS) is 9.50. The Labute approximate surface area is 68.6 Å². The summed E-state index contributed by atoms with van der Waals surface area (Å²) in [5.74, 6) is -0.550. The van der Waals surface area contributed by atoms with Gasteiger partial charge in [-0.2, -0.15) is 0 Å². The fourth-order valence-electron chi connectivity index (χ4n) is 0.706. The van der Waals surface area contributed by atoms with Crippen LogP contribution in [0.2, 0.25) is 0 Å². The molecule has 5 heteroatoms. The van der Waals surface area contributed by atoms with Gasteiger partial charge >= 0.3 is 5.97 Å². The van der Waals surface area contributed by atoms with Crippen molar-refractivity contribution in [1.82, 2.24) is 9.55 Å². The Kier molecular flexibility index (Phi) is 2.23. The second-order valence-corrected chi connectivity index (χ2v) is 2.21. The molecule has 0 spiro atoms. The third-order valence-electron chi connectivity index (χ3n) is 1.37. The van der Waals surface area contributed by atoms with E-state index in [1.165, 1.54) is 24.9 Å². The highest BCUT2D eigenvalue weighted by Gasteiger charge is 2.06. The molecule has 5 nitrogen and oxygen atoms in total. The number of aromatic nitrogens is 2. The molecule has 12 heavy (non-hydrogen) atoms. The monoisotopic (exact) mass is 168 g/mol. The molecule has 0 N–H and O–H groups in total. The van der Waals surface area contributed by atoms with E-state index in [-0.39, 0.29) is 11.3 Å². The molecule has 0 saturated heterocycles. The van der Waals surface area contributed by atoms with Gasteiger partial charge in [-0.05, 0) is 0 Å². The zero-order valence-electron chi connectivity index (χ0n) is 6.77. The van der Waals surface area contributed by atoms with Gasteiger partial charge in [0.1, 0.15) is 0 Å². The Hall–Kier alpha value is -1.65. The minimum Gasteiger partial charge on any atom is -0.464 e.